The van der Waals surface area contributed by atoms with Crippen molar-refractivity contribution in [3.8, 4) is 0 Å². The monoisotopic (exact) mass is 250 g/mol. The zero-order valence-corrected chi connectivity index (χ0v) is 11.4. The average Bonchev–Trinajstić information content (AvgIpc) is 2.98. The van der Waals surface area contributed by atoms with E-state index in [-0.39, 0.29) is 16.2 Å². The first-order chi connectivity index (χ1) is 9.07. The van der Waals surface area contributed by atoms with E-state index in [9.17, 15) is 4.79 Å². The fourth-order valence-electron chi connectivity index (χ4n) is 4.99. The Morgan fingerprint density at radius 2 is 1.84 bits per heavy atom. The van der Waals surface area contributed by atoms with E-state index in [0.29, 0.717) is 18.1 Å². The normalized spacial score (nSPS) is 46.0. The first kappa shape index (κ1) is 11.2. The predicted molar refractivity (Wildman–Crippen MR) is 75.7 cm³/mol. The first-order valence-electron chi connectivity index (χ1n) is 7.02. The van der Waals surface area contributed by atoms with Gasteiger partial charge in [-0.15, -0.1) is 0 Å². The number of allylic oxidation sites excluding steroid dienone is 4. The number of Topliss-reactive ketones (excluding diaryl/α,β-unsaturated/α-hetero) is 1. The van der Waals surface area contributed by atoms with E-state index < -0.39 is 0 Å². The van der Waals surface area contributed by atoms with Crippen molar-refractivity contribution in [3.05, 3.63) is 60.2 Å². The van der Waals surface area contributed by atoms with Crippen LogP contribution in [0.15, 0.2) is 54.6 Å². The Morgan fingerprint density at radius 1 is 1.11 bits per heavy atom. The van der Waals surface area contributed by atoms with E-state index in [1.54, 1.807) is 0 Å². The van der Waals surface area contributed by atoms with Gasteiger partial charge in [0.15, 0.2) is 0 Å². The molecule has 1 spiro atoms. The third-order valence-electron chi connectivity index (χ3n) is 6.08. The molecule has 3 aliphatic rings. The molecule has 0 saturated heterocycles. The maximum absolute atomic E-state index is 12.6. The molecule has 0 radical (unpaired) electrons. The van der Waals surface area contributed by atoms with Crippen molar-refractivity contribution in [2.45, 2.75) is 25.7 Å². The van der Waals surface area contributed by atoms with Crippen molar-refractivity contribution < 1.29 is 4.79 Å². The lowest BCUT2D eigenvalue weighted by molar-refractivity contribution is -0.122. The van der Waals surface area contributed by atoms with E-state index in [0.717, 1.165) is 0 Å². The second-order valence-electron chi connectivity index (χ2n) is 6.59. The quantitative estimate of drug-likeness (QED) is 0.743. The minimum atomic E-state index is -0.179. The average molecular weight is 250 g/mol. The number of fused-ring (bicyclic) bond motifs is 1. The summed E-state index contributed by atoms with van der Waals surface area (Å²) >= 11 is 0. The lowest BCUT2D eigenvalue weighted by atomic mass is 9.67. The third-order valence-corrected chi connectivity index (χ3v) is 6.08. The molecule has 4 rings (SSSR count). The Kier molecular flexibility index (Phi) is 1.83. The summed E-state index contributed by atoms with van der Waals surface area (Å²) in [6.07, 6.45) is 9.43. The van der Waals surface area contributed by atoms with Gasteiger partial charge in [0.05, 0.1) is 0 Å². The highest BCUT2D eigenvalue weighted by Crippen LogP contribution is 2.83. The fraction of sp³-hybridized carbons (Fsp3) is 0.389. The van der Waals surface area contributed by atoms with Crippen LogP contribution in [0.25, 0.3) is 0 Å². The van der Waals surface area contributed by atoms with Gasteiger partial charge in [0, 0.05) is 28.6 Å². The largest absolute Gasteiger partial charge is 0.299 e. The SMILES string of the molecule is CC1(c2ccccc2)CC(=O)[C@]2(C)[C@H]3C=CC=C[C@@]312. The number of benzene rings is 1. The van der Waals surface area contributed by atoms with Crippen molar-refractivity contribution in [2.24, 2.45) is 16.7 Å². The molecular weight excluding hydrogens is 232 g/mol. The number of carbonyl (C=O) groups is 1. The van der Waals surface area contributed by atoms with Gasteiger partial charge in [-0.25, -0.2) is 0 Å². The summed E-state index contributed by atoms with van der Waals surface area (Å²) in [5.41, 5.74) is 1.06. The zero-order valence-electron chi connectivity index (χ0n) is 11.4. The van der Waals surface area contributed by atoms with Gasteiger partial charge in [-0.2, -0.15) is 0 Å². The summed E-state index contributed by atoms with van der Waals surface area (Å²) in [6.45, 7) is 4.43. The van der Waals surface area contributed by atoms with Crippen LogP contribution in [0.4, 0.5) is 0 Å². The molecule has 0 N–H and O–H groups in total. The van der Waals surface area contributed by atoms with Gasteiger partial charge in [-0.1, -0.05) is 68.5 Å². The molecular formula is C18H18O. The highest BCUT2D eigenvalue weighted by atomic mass is 16.1. The van der Waals surface area contributed by atoms with Gasteiger partial charge in [0.25, 0.3) is 0 Å². The molecule has 19 heavy (non-hydrogen) atoms. The van der Waals surface area contributed by atoms with Crippen LogP contribution in [0.3, 0.4) is 0 Å². The molecule has 3 aliphatic carbocycles. The van der Waals surface area contributed by atoms with Gasteiger partial charge >= 0.3 is 0 Å². The summed E-state index contributed by atoms with van der Waals surface area (Å²) in [6, 6.07) is 10.6. The molecule has 0 heterocycles. The van der Waals surface area contributed by atoms with Crippen LogP contribution in [-0.4, -0.2) is 5.78 Å². The molecule has 2 fully saturated rings. The number of carbonyl (C=O) groups excluding carboxylic acids is 1. The Hall–Kier alpha value is -1.63. The van der Waals surface area contributed by atoms with Gasteiger partial charge < -0.3 is 0 Å². The smallest absolute Gasteiger partial charge is 0.141 e. The zero-order chi connectivity index (χ0) is 13.3. The van der Waals surface area contributed by atoms with Crippen LogP contribution < -0.4 is 0 Å². The molecule has 0 bridgehead atoms. The molecule has 1 nitrogen and oxygen atoms in total. The summed E-state index contributed by atoms with van der Waals surface area (Å²) in [5.74, 6) is 0.816. The summed E-state index contributed by atoms with van der Waals surface area (Å²) in [7, 11) is 0. The minimum absolute atomic E-state index is 0.00713. The Balaban J connectivity index is 1.94. The number of hydrogen-bond donors (Lipinski definition) is 0. The molecule has 1 aromatic carbocycles. The van der Waals surface area contributed by atoms with Crippen LogP contribution in [0.1, 0.15) is 25.8 Å². The maximum Gasteiger partial charge on any atom is 0.141 e. The van der Waals surface area contributed by atoms with Crippen molar-refractivity contribution in [2.75, 3.05) is 0 Å². The molecule has 0 amide bonds. The highest BCUT2D eigenvalue weighted by molar-refractivity contribution is 5.97. The van der Waals surface area contributed by atoms with Crippen LogP contribution in [0, 0.1) is 16.7 Å². The van der Waals surface area contributed by atoms with E-state index in [1.807, 2.05) is 6.07 Å². The van der Waals surface area contributed by atoms with E-state index in [1.165, 1.54) is 5.56 Å². The maximum atomic E-state index is 12.6. The topological polar surface area (TPSA) is 17.1 Å². The molecule has 1 heteroatoms. The standard InChI is InChI=1S/C18H18O/c1-16(13-8-4-3-5-9-13)12-15(19)17(2)14-10-6-7-11-18(14,16)17/h3-11,14H,12H2,1-2H3/t14-,16?,17+,18-/m1/s1. The van der Waals surface area contributed by atoms with Crippen molar-refractivity contribution in [1.29, 1.82) is 0 Å². The van der Waals surface area contributed by atoms with Crippen LogP contribution in [0.5, 0.6) is 0 Å². The Morgan fingerprint density at radius 3 is 2.58 bits per heavy atom. The molecule has 0 aromatic heterocycles. The number of hydrogen-bond acceptors (Lipinski definition) is 1. The van der Waals surface area contributed by atoms with Crippen molar-refractivity contribution in [3.63, 3.8) is 0 Å². The van der Waals surface area contributed by atoms with E-state index in [4.69, 9.17) is 0 Å². The molecule has 1 unspecified atom stereocenters. The van der Waals surface area contributed by atoms with Gasteiger partial charge in [0.1, 0.15) is 5.78 Å². The van der Waals surface area contributed by atoms with Crippen molar-refractivity contribution in [1.82, 2.24) is 0 Å². The van der Waals surface area contributed by atoms with E-state index in [2.05, 4.69) is 62.4 Å². The molecule has 4 atom stereocenters. The van der Waals surface area contributed by atoms with Crippen LogP contribution in [-0.2, 0) is 10.2 Å². The molecule has 2 saturated carbocycles. The fourth-order valence-corrected chi connectivity index (χ4v) is 4.99. The lowest BCUT2D eigenvalue weighted by Crippen LogP contribution is -2.32. The summed E-state index contributed by atoms with van der Waals surface area (Å²) in [4.78, 5) is 12.6. The second kappa shape index (κ2) is 3.09. The van der Waals surface area contributed by atoms with Crippen LogP contribution >= 0.6 is 0 Å². The lowest BCUT2D eigenvalue weighted by Gasteiger charge is -2.35. The summed E-state index contributed by atoms with van der Waals surface area (Å²) < 4.78 is 0. The minimum Gasteiger partial charge on any atom is -0.299 e. The molecule has 0 aliphatic heterocycles. The number of rotatable bonds is 1. The van der Waals surface area contributed by atoms with Gasteiger partial charge in [-0.05, 0) is 5.56 Å². The Bertz CT molecular complexity index is 626. The van der Waals surface area contributed by atoms with Crippen molar-refractivity contribution >= 4 is 5.78 Å². The summed E-state index contributed by atoms with van der Waals surface area (Å²) in [5, 5.41) is 0. The molecule has 1 aromatic rings. The highest BCUT2D eigenvalue weighted by Gasteiger charge is 2.85. The first-order valence-corrected chi connectivity index (χ1v) is 7.02. The van der Waals surface area contributed by atoms with E-state index >= 15 is 0 Å². The second-order valence-corrected chi connectivity index (χ2v) is 6.59. The predicted octanol–water partition coefficient (Wildman–Crippen LogP) is 3.67. The number of ketones is 1. The Labute approximate surface area is 114 Å². The van der Waals surface area contributed by atoms with Gasteiger partial charge in [0.2, 0.25) is 0 Å². The molecule has 96 valence electrons. The van der Waals surface area contributed by atoms with Gasteiger partial charge in [-0.3, -0.25) is 4.79 Å². The third kappa shape index (κ3) is 0.959. The van der Waals surface area contributed by atoms with Crippen LogP contribution in [0.2, 0.25) is 0 Å².